The third-order valence-corrected chi connectivity index (χ3v) is 4.10. The third kappa shape index (κ3) is 3.99. The van der Waals surface area contributed by atoms with Crippen LogP contribution in [-0.4, -0.2) is 14.2 Å². The lowest BCUT2D eigenvalue weighted by molar-refractivity contribution is 0.354. The molecule has 1 atom stereocenters. The molecule has 0 saturated heterocycles. The Hall–Kier alpha value is -1.52. The highest BCUT2D eigenvalue weighted by Gasteiger charge is 2.17. The first-order chi connectivity index (χ1) is 10.3. The first-order valence-corrected chi connectivity index (χ1v) is 7.67. The van der Waals surface area contributed by atoms with Crippen molar-refractivity contribution in [3.63, 3.8) is 0 Å². The van der Waals surface area contributed by atoms with Crippen LogP contribution in [0.2, 0.25) is 0 Å². The van der Waals surface area contributed by atoms with E-state index in [0.717, 1.165) is 29.9 Å². The fourth-order valence-corrected chi connectivity index (χ4v) is 2.93. The molecule has 0 spiro atoms. The molecule has 3 N–H and O–H groups in total. The molecule has 4 heteroatoms. The van der Waals surface area contributed by atoms with Crippen LogP contribution in [0.5, 0.6) is 11.5 Å². The number of hydrazine groups is 1. The first kappa shape index (κ1) is 15.9. The lowest BCUT2D eigenvalue weighted by atomic mass is 9.91. The van der Waals surface area contributed by atoms with Crippen LogP contribution in [0.15, 0.2) is 29.8 Å². The zero-order valence-corrected chi connectivity index (χ0v) is 13.0. The molecular weight excluding hydrogens is 264 g/mol. The number of hydrogen-bond donors (Lipinski definition) is 2. The largest absolute Gasteiger partial charge is 0.493 e. The highest BCUT2D eigenvalue weighted by Crippen LogP contribution is 2.34. The molecule has 0 radical (unpaired) electrons. The summed E-state index contributed by atoms with van der Waals surface area (Å²) in [5.74, 6) is 7.30. The summed E-state index contributed by atoms with van der Waals surface area (Å²) in [5.41, 5.74) is 5.45. The standard InChI is InChI=1S/C17H26N2O2/c1-20-15-11-10-14(12-16(15)21-2)17(19-18)13-8-6-4-3-5-7-9-13/h8,10-12,17,19H,3-7,9,18H2,1-2H3/b13-8+. The van der Waals surface area contributed by atoms with Gasteiger partial charge in [-0.1, -0.05) is 30.6 Å². The van der Waals surface area contributed by atoms with Gasteiger partial charge in [0.25, 0.3) is 0 Å². The van der Waals surface area contributed by atoms with Gasteiger partial charge in [-0.15, -0.1) is 0 Å². The van der Waals surface area contributed by atoms with Crippen LogP contribution in [0.25, 0.3) is 0 Å². The van der Waals surface area contributed by atoms with E-state index >= 15 is 0 Å². The Balaban J connectivity index is 2.27. The van der Waals surface area contributed by atoms with Gasteiger partial charge in [0.2, 0.25) is 0 Å². The van der Waals surface area contributed by atoms with Crippen LogP contribution in [0.1, 0.15) is 50.1 Å². The maximum atomic E-state index is 5.82. The summed E-state index contributed by atoms with van der Waals surface area (Å²) in [4.78, 5) is 0. The van der Waals surface area contributed by atoms with Crippen LogP contribution in [0, 0.1) is 0 Å². The smallest absolute Gasteiger partial charge is 0.161 e. The van der Waals surface area contributed by atoms with E-state index in [1.54, 1.807) is 14.2 Å². The molecule has 0 fully saturated rings. The number of allylic oxidation sites excluding steroid dienone is 1. The van der Waals surface area contributed by atoms with Crippen molar-refractivity contribution in [1.82, 2.24) is 5.43 Å². The Bertz CT molecular complexity index is 486. The molecule has 1 unspecified atom stereocenters. The Labute approximate surface area is 127 Å². The summed E-state index contributed by atoms with van der Waals surface area (Å²) in [6.07, 6.45) is 9.73. The molecule has 0 aromatic heterocycles. The maximum Gasteiger partial charge on any atom is 0.161 e. The zero-order valence-electron chi connectivity index (χ0n) is 13.0. The van der Waals surface area contributed by atoms with Gasteiger partial charge in [-0.05, 0) is 43.4 Å². The van der Waals surface area contributed by atoms with Gasteiger partial charge >= 0.3 is 0 Å². The van der Waals surface area contributed by atoms with Gasteiger partial charge in [-0.2, -0.15) is 0 Å². The number of ether oxygens (including phenoxy) is 2. The van der Waals surface area contributed by atoms with Crippen molar-refractivity contribution in [1.29, 1.82) is 0 Å². The van der Waals surface area contributed by atoms with Gasteiger partial charge in [0.1, 0.15) is 0 Å². The molecule has 1 aliphatic carbocycles. The minimum atomic E-state index is 0.0444. The van der Waals surface area contributed by atoms with E-state index in [9.17, 15) is 0 Å². The van der Waals surface area contributed by atoms with E-state index in [1.165, 1.54) is 31.3 Å². The molecular formula is C17H26N2O2. The highest BCUT2D eigenvalue weighted by molar-refractivity contribution is 5.45. The molecule has 1 aromatic carbocycles. The van der Waals surface area contributed by atoms with Crippen molar-refractivity contribution >= 4 is 0 Å². The summed E-state index contributed by atoms with van der Waals surface area (Å²) in [6.45, 7) is 0. The molecule has 0 aliphatic heterocycles. The van der Waals surface area contributed by atoms with Crippen molar-refractivity contribution < 1.29 is 9.47 Å². The Kier molecular flexibility index (Phi) is 6.08. The minimum Gasteiger partial charge on any atom is -0.493 e. The van der Waals surface area contributed by atoms with Gasteiger partial charge in [-0.25, -0.2) is 5.43 Å². The van der Waals surface area contributed by atoms with E-state index in [4.69, 9.17) is 15.3 Å². The van der Waals surface area contributed by atoms with E-state index in [2.05, 4.69) is 11.5 Å². The first-order valence-electron chi connectivity index (χ1n) is 7.67. The van der Waals surface area contributed by atoms with Crippen LogP contribution < -0.4 is 20.7 Å². The predicted octanol–water partition coefficient (Wildman–Crippen LogP) is 3.49. The second-order valence-electron chi connectivity index (χ2n) is 5.45. The van der Waals surface area contributed by atoms with Crippen molar-refractivity contribution in [2.75, 3.05) is 14.2 Å². The molecule has 0 amide bonds. The number of methoxy groups -OCH3 is 2. The van der Waals surface area contributed by atoms with Crippen molar-refractivity contribution in [2.45, 2.75) is 44.6 Å². The van der Waals surface area contributed by atoms with Gasteiger partial charge < -0.3 is 9.47 Å². The number of nitrogens with two attached hydrogens (primary N) is 1. The van der Waals surface area contributed by atoms with Crippen molar-refractivity contribution in [3.8, 4) is 11.5 Å². The number of benzene rings is 1. The van der Waals surface area contributed by atoms with Crippen molar-refractivity contribution in [3.05, 3.63) is 35.4 Å². The van der Waals surface area contributed by atoms with E-state index in [1.807, 2.05) is 18.2 Å². The fraction of sp³-hybridized carbons (Fsp3) is 0.529. The molecule has 21 heavy (non-hydrogen) atoms. The minimum absolute atomic E-state index is 0.0444. The topological polar surface area (TPSA) is 56.5 Å². The van der Waals surface area contributed by atoms with Gasteiger partial charge in [0, 0.05) is 0 Å². The van der Waals surface area contributed by atoms with Gasteiger partial charge in [0.15, 0.2) is 11.5 Å². The summed E-state index contributed by atoms with van der Waals surface area (Å²) in [5, 5.41) is 0. The maximum absolute atomic E-state index is 5.82. The van der Waals surface area contributed by atoms with E-state index in [0.29, 0.717) is 0 Å². The molecule has 2 rings (SSSR count). The average molecular weight is 290 g/mol. The molecule has 1 aromatic rings. The lowest BCUT2D eigenvalue weighted by Gasteiger charge is -2.23. The summed E-state index contributed by atoms with van der Waals surface area (Å²) in [7, 11) is 3.30. The average Bonchev–Trinajstić information content (AvgIpc) is 2.49. The second kappa shape index (κ2) is 8.05. The molecule has 4 nitrogen and oxygen atoms in total. The van der Waals surface area contributed by atoms with Crippen LogP contribution in [0.4, 0.5) is 0 Å². The highest BCUT2D eigenvalue weighted by atomic mass is 16.5. The summed E-state index contributed by atoms with van der Waals surface area (Å²) in [6, 6.07) is 6.03. The van der Waals surface area contributed by atoms with Crippen LogP contribution in [0.3, 0.4) is 0 Å². The molecule has 116 valence electrons. The lowest BCUT2D eigenvalue weighted by Crippen LogP contribution is -2.29. The zero-order chi connectivity index (χ0) is 15.1. The summed E-state index contributed by atoms with van der Waals surface area (Å²) < 4.78 is 10.7. The van der Waals surface area contributed by atoms with Crippen molar-refractivity contribution in [2.24, 2.45) is 5.84 Å². The second-order valence-corrected chi connectivity index (χ2v) is 5.45. The van der Waals surface area contributed by atoms with E-state index < -0.39 is 0 Å². The molecule has 1 aliphatic rings. The molecule has 0 saturated carbocycles. The Morgan fingerprint density at radius 3 is 2.52 bits per heavy atom. The Morgan fingerprint density at radius 1 is 1.05 bits per heavy atom. The quantitative estimate of drug-likeness (QED) is 0.495. The number of hydrogen-bond acceptors (Lipinski definition) is 4. The molecule has 0 bridgehead atoms. The predicted molar refractivity (Wildman–Crippen MR) is 85.4 cm³/mol. The number of rotatable bonds is 5. The summed E-state index contributed by atoms with van der Waals surface area (Å²) >= 11 is 0. The van der Waals surface area contributed by atoms with Gasteiger partial charge in [0.05, 0.1) is 20.3 Å². The van der Waals surface area contributed by atoms with Crippen LogP contribution in [-0.2, 0) is 0 Å². The fourth-order valence-electron chi connectivity index (χ4n) is 2.93. The Morgan fingerprint density at radius 2 is 1.81 bits per heavy atom. The SMILES string of the molecule is COc1ccc(C(NN)/C2=C/CCCCCC2)cc1OC. The van der Waals surface area contributed by atoms with E-state index in [-0.39, 0.29) is 6.04 Å². The molecule has 0 heterocycles. The number of nitrogens with one attached hydrogen (secondary N) is 1. The van der Waals surface area contributed by atoms with Crippen LogP contribution >= 0.6 is 0 Å². The third-order valence-electron chi connectivity index (χ3n) is 4.10. The van der Waals surface area contributed by atoms with Gasteiger partial charge in [-0.3, -0.25) is 5.84 Å². The normalized spacial score (nSPS) is 19.9. The monoisotopic (exact) mass is 290 g/mol.